The number of rotatable bonds is 8. The Kier molecular flexibility index (Phi) is 11.8. The third kappa shape index (κ3) is 8.62. The number of aryl methyl sites for hydroxylation is 2. The summed E-state index contributed by atoms with van der Waals surface area (Å²) >= 11 is 0. The summed E-state index contributed by atoms with van der Waals surface area (Å²) in [7, 11) is -4.24. The number of sulfonamides is 1. The number of azo groups is 2. The van der Waals surface area contributed by atoms with Gasteiger partial charge in [-0.3, -0.25) is 29.9 Å². The van der Waals surface area contributed by atoms with Crippen LogP contribution in [0.15, 0.2) is 132 Å². The van der Waals surface area contributed by atoms with Crippen molar-refractivity contribution < 1.29 is 40.3 Å². The van der Waals surface area contributed by atoms with Gasteiger partial charge in [0.25, 0.3) is 16.8 Å². The van der Waals surface area contributed by atoms with E-state index in [0.717, 1.165) is 36.4 Å². The zero-order valence-electron chi connectivity index (χ0n) is 26.9. The van der Waals surface area contributed by atoms with Crippen LogP contribution in [0.2, 0.25) is 0 Å². The van der Waals surface area contributed by atoms with Crippen LogP contribution < -0.4 is 21.3 Å². The molecule has 6 aromatic rings. The van der Waals surface area contributed by atoms with Gasteiger partial charge in [-0.05, 0) is 50.2 Å². The number of benzene rings is 4. The van der Waals surface area contributed by atoms with Gasteiger partial charge >= 0.3 is 16.8 Å². The summed E-state index contributed by atoms with van der Waals surface area (Å²) in [4.78, 5) is 34.7. The van der Waals surface area contributed by atoms with Crippen LogP contribution in [0.1, 0.15) is 11.4 Å². The fraction of sp³-hybridized carbons (Fsp3) is 0.0625. The van der Waals surface area contributed by atoms with Crippen molar-refractivity contribution in [2.45, 2.75) is 18.7 Å². The number of H-pyrrole nitrogens is 2. The second kappa shape index (κ2) is 16.0. The number of non-ortho nitro benzene ring substituents is 1. The number of aromatic nitrogens is 4. The summed E-state index contributed by atoms with van der Waals surface area (Å²) in [6, 6.07) is 23.8. The number of aromatic amines is 2. The third-order valence-electron chi connectivity index (χ3n) is 7.02. The zero-order chi connectivity index (χ0) is 36.9. The average molecular weight is 769 g/mol. The van der Waals surface area contributed by atoms with Crippen molar-refractivity contribution in [2.24, 2.45) is 20.5 Å². The number of nitrogens with zero attached hydrogens (tertiary/aromatic N) is 7. The van der Waals surface area contributed by atoms with Crippen LogP contribution in [0, 0.1) is 24.0 Å². The Morgan fingerprint density at radius 1 is 0.673 bits per heavy atom. The van der Waals surface area contributed by atoms with Crippen molar-refractivity contribution in [1.29, 1.82) is 0 Å². The Bertz CT molecular complexity index is 2530. The molecule has 6 rings (SSSR count). The summed E-state index contributed by atoms with van der Waals surface area (Å²) in [5.41, 5.74) is 0.466. The maximum atomic E-state index is 12.5. The number of nitro groups is 1. The monoisotopic (exact) mass is 768 g/mol. The molecule has 0 spiro atoms. The van der Waals surface area contributed by atoms with Gasteiger partial charge in [0, 0.05) is 12.1 Å². The van der Waals surface area contributed by atoms with Gasteiger partial charge in [-0.25, -0.2) is 17.8 Å². The molecular weight excluding hydrogens is 743 g/mol. The molecule has 0 aliphatic heterocycles. The first-order valence-corrected chi connectivity index (χ1v) is 16.1. The summed E-state index contributed by atoms with van der Waals surface area (Å²) in [5, 5.41) is 62.2. The molecule has 0 atom stereocenters. The van der Waals surface area contributed by atoms with E-state index >= 15 is 0 Å². The first kappa shape index (κ1) is 38.3. The molecule has 4 aromatic carbocycles. The summed E-state index contributed by atoms with van der Waals surface area (Å²) in [5.74, 6) is -1.09. The Hall–Kier alpha value is -6.48. The third-order valence-corrected chi connectivity index (χ3v) is 7.89. The van der Waals surface area contributed by atoms with Crippen molar-refractivity contribution >= 4 is 38.5 Å². The molecule has 52 heavy (non-hydrogen) atoms. The van der Waals surface area contributed by atoms with E-state index in [1.165, 1.54) is 9.36 Å². The Morgan fingerprint density at radius 3 is 1.52 bits per heavy atom. The number of nitro benzene ring substituents is 1. The van der Waals surface area contributed by atoms with Gasteiger partial charge in [-0.1, -0.05) is 60.0 Å². The maximum absolute atomic E-state index is 12.5. The smallest absolute Gasteiger partial charge is 0.871 e. The molecule has 0 radical (unpaired) electrons. The first-order valence-electron chi connectivity index (χ1n) is 14.6. The van der Waals surface area contributed by atoms with E-state index in [9.17, 15) is 38.3 Å². The molecule has 0 saturated carbocycles. The molecule has 0 unspecified atom stereocenters. The van der Waals surface area contributed by atoms with E-state index in [2.05, 4.69) is 30.7 Å². The molecule has 0 amide bonds. The molecule has 0 aliphatic rings. The molecule has 0 aliphatic carbocycles. The minimum atomic E-state index is -4.24. The second-order valence-electron chi connectivity index (χ2n) is 10.6. The van der Waals surface area contributed by atoms with Crippen molar-refractivity contribution in [3.05, 3.63) is 144 Å². The van der Waals surface area contributed by atoms with E-state index in [1.807, 2.05) is 12.1 Å². The second-order valence-corrected chi connectivity index (χ2v) is 12.0. The molecular formula is C32H25CoN10O8S. The van der Waals surface area contributed by atoms with E-state index in [4.69, 9.17) is 5.14 Å². The van der Waals surface area contributed by atoms with Gasteiger partial charge < -0.3 is 15.4 Å². The van der Waals surface area contributed by atoms with E-state index < -0.39 is 37.6 Å². The normalized spacial score (nSPS) is 11.3. The van der Waals surface area contributed by atoms with Crippen LogP contribution in [0.25, 0.3) is 16.5 Å². The molecule has 18 nitrogen and oxygen atoms in total. The first-order chi connectivity index (χ1) is 24.2. The van der Waals surface area contributed by atoms with Gasteiger partial charge in [0.15, 0.2) is 11.4 Å². The maximum Gasteiger partial charge on any atom is 3.00 e. The topological polar surface area (TPSA) is 272 Å². The zero-order valence-corrected chi connectivity index (χ0v) is 28.7. The van der Waals surface area contributed by atoms with Crippen LogP contribution in [0.3, 0.4) is 0 Å². The van der Waals surface area contributed by atoms with Crippen molar-refractivity contribution in [1.82, 2.24) is 19.6 Å². The Labute approximate surface area is 304 Å². The Morgan fingerprint density at radius 2 is 1.10 bits per heavy atom. The number of nitrogens with one attached hydrogen (secondary N) is 3. The molecule has 0 bridgehead atoms. The Balaban J connectivity index is 0.000000228. The van der Waals surface area contributed by atoms with Crippen molar-refractivity contribution in [3.8, 4) is 22.9 Å². The van der Waals surface area contributed by atoms with Crippen LogP contribution in [-0.2, 0) is 26.8 Å². The fourth-order valence-corrected chi connectivity index (χ4v) is 4.99. The molecule has 0 saturated heterocycles. The van der Waals surface area contributed by atoms with E-state index in [1.54, 1.807) is 62.4 Å². The van der Waals surface area contributed by atoms with Gasteiger partial charge in [0.05, 0.1) is 54.0 Å². The molecule has 2 aromatic heterocycles. The van der Waals surface area contributed by atoms with Crippen LogP contribution in [0.5, 0.6) is 11.5 Å². The van der Waals surface area contributed by atoms with Gasteiger partial charge in [-0.2, -0.15) is 10.2 Å². The van der Waals surface area contributed by atoms with Crippen molar-refractivity contribution in [2.75, 3.05) is 0 Å². The molecule has 3 N–H and O–H groups in total. The van der Waals surface area contributed by atoms with Gasteiger partial charge in [-0.15, -0.1) is 10.2 Å². The average Bonchev–Trinajstić information content (AvgIpc) is 3.56. The quantitative estimate of drug-likeness (QED) is 0.112. The molecule has 266 valence electrons. The van der Waals surface area contributed by atoms with E-state index in [-0.39, 0.29) is 50.1 Å². The summed E-state index contributed by atoms with van der Waals surface area (Å²) in [6.45, 7) is 3.26. The fourth-order valence-electron chi connectivity index (χ4n) is 4.48. The number of hydrogen-bond acceptors (Lipinski definition) is 12. The van der Waals surface area contributed by atoms with Crippen LogP contribution in [-0.4, -0.2) is 32.9 Å². The van der Waals surface area contributed by atoms with Crippen molar-refractivity contribution in [3.63, 3.8) is 0 Å². The molecule has 20 heteroatoms. The van der Waals surface area contributed by atoms with Gasteiger partial charge in [0.1, 0.15) is 0 Å². The van der Waals surface area contributed by atoms with Crippen LogP contribution >= 0.6 is 0 Å². The molecule has 0 fully saturated rings. The largest absolute Gasteiger partial charge is 3.00 e. The summed E-state index contributed by atoms with van der Waals surface area (Å²) < 4.78 is 25.1. The predicted molar refractivity (Wildman–Crippen MR) is 181 cm³/mol. The van der Waals surface area contributed by atoms with E-state index in [0.29, 0.717) is 22.8 Å². The SMILES string of the molecule is Cc1[nH]n(-c2ccccc2)c(=O)c1N=Nc1cc(S([NH-])(=O)=O)ccc1[O-].Cc1[nH]n(-c2ccccc2)c(=O)c1N=Nc1cc([N+](=O)[O-])ccc1[O-].[Co+3]. The van der Waals surface area contributed by atoms with Crippen LogP contribution in [0.4, 0.5) is 28.4 Å². The summed E-state index contributed by atoms with van der Waals surface area (Å²) in [6.07, 6.45) is 0. The number of hydrogen-bond donors (Lipinski definition) is 2. The minimum absolute atomic E-state index is 0. The molecule has 2 heterocycles. The van der Waals surface area contributed by atoms with Gasteiger partial charge in [0.2, 0.25) is 0 Å². The minimum Gasteiger partial charge on any atom is -0.871 e. The number of para-hydroxylation sites is 2. The predicted octanol–water partition coefficient (Wildman–Crippen LogP) is 5.57. The standard InChI is InChI=1S/C16H15N5O4S.C16H13N5O4.Co/c1-10-15(16(23)21(20-10)11-5-3-2-4-6-11)19-18-13-9-12(26(17,24)25)7-8-14(13)22;1-10-15(16(23)20(19-10)11-5-3-2-4-6-11)18-17-13-9-12(21(24)25)7-8-14(13)22;/h2-9H,1H3,(H4,17,18,19,20,22,23,24,25);2-9,19,22H,1H3;/q;;+3/p-3.